The van der Waals surface area contributed by atoms with Crippen LogP contribution in [0.5, 0.6) is 0 Å². The first-order valence-electron chi connectivity index (χ1n) is 5.81. The van der Waals surface area contributed by atoms with Gasteiger partial charge in [0.15, 0.2) is 0 Å². The zero-order chi connectivity index (χ0) is 13.0. The minimum atomic E-state index is -0.00709. The van der Waals surface area contributed by atoms with Gasteiger partial charge in [0.2, 0.25) is 0 Å². The van der Waals surface area contributed by atoms with Gasteiger partial charge >= 0.3 is 0 Å². The number of hydrogen-bond acceptors (Lipinski definition) is 3. The Kier molecular flexibility index (Phi) is 4.95. The molecule has 0 saturated carbocycles. The lowest BCUT2D eigenvalue weighted by molar-refractivity contribution is 0.0480. The summed E-state index contributed by atoms with van der Waals surface area (Å²) in [4.78, 5) is 2.49. The van der Waals surface area contributed by atoms with E-state index in [1.165, 1.54) is 9.75 Å². The third-order valence-electron chi connectivity index (χ3n) is 2.66. The fourth-order valence-corrected chi connectivity index (χ4v) is 2.87. The molecule has 2 aromatic rings. The van der Waals surface area contributed by atoms with Crippen LogP contribution in [0.2, 0.25) is 0 Å². The van der Waals surface area contributed by atoms with Gasteiger partial charge in [-0.1, -0.05) is 28.1 Å². The molecule has 1 heterocycles. The summed E-state index contributed by atoms with van der Waals surface area (Å²) in [7, 11) is 0. The maximum atomic E-state index is 5.89. The van der Waals surface area contributed by atoms with Crippen LogP contribution in [0.15, 0.2) is 40.9 Å². The van der Waals surface area contributed by atoms with Crippen molar-refractivity contribution in [2.24, 2.45) is 5.73 Å². The van der Waals surface area contributed by atoms with E-state index in [2.05, 4.69) is 47.1 Å². The summed E-state index contributed by atoms with van der Waals surface area (Å²) >= 11 is 5.16. The summed E-state index contributed by atoms with van der Waals surface area (Å²) in [5.74, 6) is 0. The zero-order valence-electron chi connectivity index (χ0n) is 10.2. The van der Waals surface area contributed by atoms with Crippen molar-refractivity contribution in [3.8, 4) is 0 Å². The van der Waals surface area contributed by atoms with Crippen LogP contribution in [0, 0.1) is 6.92 Å². The molecule has 2 nitrogen and oxygen atoms in total. The average Bonchev–Trinajstić information content (AvgIpc) is 2.79. The molecule has 0 aliphatic heterocycles. The average molecular weight is 326 g/mol. The number of benzene rings is 1. The lowest BCUT2D eigenvalue weighted by Crippen LogP contribution is -2.14. The van der Waals surface area contributed by atoms with Crippen LogP contribution in [0.25, 0.3) is 0 Å². The molecule has 0 amide bonds. The van der Waals surface area contributed by atoms with Gasteiger partial charge in [-0.2, -0.15) is 0 Å². The van der Waals surface area contributed by atoms with Gasteiger partial charge < -0.3 is 10.5 Å². The van der Waals surface area contributed by atoms with Crippen molar-refractivity contribution in [3.63, 3.8) is 0 Å². The fraction of sp³-hybridized carbons (Fsp3) is 0.286. The van der Waals surface area contributed by atoms with Crippen LogP contribution in [0.4, 0.5) is 0 Å². The number of aryl methyl sites for hydroxylation is 1. The number of hydrogen-bond donors (Lipinski definition) is 1. The van der Waals surface area contributed by atoms with Crippen LogP contribution in [-0.2, 0) is 11.3 Å². The van der Waals surface area contributed by atoms with Gasteiger partial charge in [0.05, 0.1) is 6.61 Å². The highest BCUT2D eigenvalue weighted by molar-refractivity contribution is 9.10. The molecule has 0 aliphatic carbocycles. The van der Waals surface area contributed by atoms with E-state index in [-0.39, 0.29) is 6.10 Å². The highest BCUT2D eigenvalue weighted by atomic mass is 79.9. The molecule has 1 aromatic heterocycles. The standard InChI is InChI=1S/C14H16BrNOS/c1-10-2-7-14(18-10)13(8-16)17-9-11-3-5-12(15)6-4-11/h2-7,13H,8-9,16H2,1H3. The fourth-order valence-electron chi connectivity index (χ4n) is 1.67. The molecule has 2 rings (SSSR count). The van der Waals surface area contributed by atoms with Crippen LogP contribution < -0.4 is 5.73 Å². The predicted molar refractivity (Wildman–Crippen MR) is 79.8 cm³/mol. The largest absolute Gasteiger partial charge is 0.367 e. The maximum Gasteiger partial charge on any atom is 0.104 e. The third kappa shape index (κ3) is 3.65. The summed E-state index contributed by atoms with van der Waals surface area (Å²) in [5.41, 5.74) is 6.93. The van der Waals surface area contributed by atoms with Crippen LogP contribution in [0.3, 0.4) is 0 Å². The number of thiophene rings is 1. The molecule has 2 N–H and O–H groups in total. The minimum Gasteiger partial charge on any atom is -0.367 e. The summed E-state index contributed by atoms with van der Waals surface area (Å²) in [6.45, 7) is 3.19. The zero-order valence-corrected chi connectivity index (χ0v) is 12.6. The van der Waals surface area contributed by atoms with E-state index in [9.17, 15) is 0 Å². The van der Waals surface area contributed by atoms with Gasteiger partial charge in [-0.15, -0.1) is 11.3 Å². The van der Waals surface area contributed by atoms with Crippen LogP contribution in [0.1, 0.15) is 21.4 Å². The predicted octanol–water partition coefficient (Wildman–Crippen LogP) is 4.04. The van der Waals surface area contributed by atoms with E-state index in [4.69, 9.17) is 10.5 Å². The van der Waals surface area contributed by atoms with E-state index in [0.29, 0.717) is 13.2 Å². The van der Waals surface area contributed by atoms with Gasteiger partial charge in [0, 0.05) is 20.8 Å². The van der Waals surface area contributed by atoms with Crippen molar-refractivity contribution in [1.29, 1.82) is 0 Å². The highest BCUT2D eigenvalue weighted by Gasteiger charge is 2.12. The Hall–Kier alpha value is -0.680. The molecule has 0 aliphatic rings. The Bertz CT molecular complexity index is 495. The summed E-state index contributed by atoms with van der Waals surface area (Å²) in [5, 5.41) is 0. The van der Waals surface area contributed by atoms with E-state index in [1.807, 2.05) is 12.1 Å². The van der Waals surface area contributed by atoms with Gasteiger partial charge in [0.25, 0.3) is 0 Å². The Morgan fingerprint density at radius 3 is 2.50 bits per heavy atom. The second-order valence-corrected chi connectivity index (χ2v) is 6.35. The van der Waals surface area contributed by atoms with E-state index in [1.54, 1.807) is 11.3 Å². The number of rotatable bonds is 5. The normalized spacial score (nSPS) is 12.6. The first-order valence-corrected chi connectivity index (χ1v) is 7.42. The molecule has 1 atom stereocenters. The lowest BCUT2D eigenvalue weighted by Gasteiger charge is -2.14. The molecular formula is C14H16BrNOS. The molecule has 0 bridgehead atoms. The summed E-state index contributed by atoms with van der Waals surface area (Å²) in [6, 6.07) is 12.3. The van der Waals surface area contributed by atoms with Crippen LogP contribution in [-0.4, -0.2) is 6.54 Å². The minimum absolute atomic E-state index is 0.00709. The Morgan fingerprint density at radius 1 is 1.22 bits per heavy atom. The van der Waals surface area contributed by atoms with Gasteiger partial charge in [-0.25, -0.2) is 0 Å². The second kappa shape index (κ2) is 6.48. The molecule has 96 valence electrons. The van der Waals surface area contributed by atoms with Crippen LogP contribution >= 0.6 is 27.3 Å². The molecule has 1 aromatic carbocycles. The molecule has 18 heavy (non-hydrogen) atoms. The first-order chi connectivity index (χ1) is 8.69. The summed E-state index contributed by atoms with van der Waals surface area (Å²) in [6.07, 6.45) is -0.00709. The number of nitrogens with two attached hydrogens (primary N) is 1. The SMILES string of the molecule is Cc1ccc(C(CN)OCc2ccc(Br)cc2)s1. The van der Waals surface area contributed by atoms with Crippen molar-refractivity contribution in [2.45, 2.75) is 19.6 Å². The van der Waals surface area contributed by atoms with Crippen molar-refractivity contribution in [1.82, 2.24) is 0 Å². The maximum absolute atomic E-state index is 5.89. The molecular weight excluding hydrogens is 310 g/mol. The van der Waals surface area contributed by atoms with Gasteiger partial charge in [0.1, 0.15) is 6.10 Å². The van der Waals surface area contributed by atoms with Crippen molar-refractivity contribution >= 4 is 27.3 Å². The Morgan fingerprint density at radius 2 is 1.94 bits per heavy atom. The first kappa shape index (κ1) is 13.7. The van der Waals surface area contributed by atoms with E-state index in [0.717, 1.165) is 10.0 Å². The van der Waals surface area contributed by atoms with Gasteiger partial charge in [-0.05, 0) is 36.8 Å². The molecule has 4 heteroatoms. The monoisotopic (exact) mass is 325 g/mol. The molecule has 0 spiro atoms. The number of ether oxygens (including phenoxy) is 1. The Labute approximate surface area is 120 Å². The van der Waals surface area contributed by atoms with E-state index < -0.39 is 0 Å². The van der Waals surface area contributed by atoms with Crippen molar-refractivity contribution < 1.29 is 4.74 Å². The smallest absolute Gasteiger partial charge is 0.104 e. The third-order valence-corrected chi connectivity index (χ3v) is 4.28. The molecule has 0 fully saturated rings. The quantitative estimate of drug-likeness (QED) is 0.900. The number of halogens is 1. The topological polar surface area (TPSA) is 35.2 Å². The van der Waals surface area contributed by atoms with Crippen molar-refractivity contribution in [2.75, 3.05) is 6.54 Å². The highest BCUT2D eigenvalue weighted by Crippen LogP contribution is 2.25. The molecule has 0 radical (unpaired) electrons. The van der Waals surface area contributed by atoms with Crippen molar-refractivity contribution in [3.05, 3.63) is 56.2 Å². The van der Waals surface area contributed by atoms with E-state index >= 15 is 0 Å². The molecule has 0 saturated heterocycles. The molecule has 1 unspecified atom stereocenters. The second-order valence-electron chi connectivity index (χ2n) is 4.11. The summed E-state index contributed by atoms with van der Waals surface area (Å²) < 4.78 is 6.97. The Balaban J connectivity index is 1.97. The van der Waals surface area contributed by atoms with Gasteiger partial charge in [-0.3, -0.25) is 0 Å². The lowest BCUT2D eigenvalue weighted by atomic mass is 10.2.